The zero-order valence-electron chi connectivity index (χ0n) is 25.2. The van der Waals surface area contributed by atoms with E-state index in [1.807, 2.05) is 6.92 Å². The minimum absolute atomic E-state index is 0.137. The van der Waals surface area contributed by atoms with Gasteiger partial charge < -0.3 is 40.3 Å². The lowest BCUT2D eigenvalue weighted by Gasteiger charge is -2.49. The number of amides is 2. The molecule has 3 saturated heterocycles. The van der Waals surface area contributed by atoms with E-state index in [4.69, 9.17) is 9.47 Å². The number of nitrogens with zero attached hydrogens (tertiary/aromatic N) is 1. The first-order valence-corrected chi connectivity index (χ1v) is 17.1. The number of carboxylic acid groups (broad SMARTS) is 1. The highest BCUT2D eigenvalue weighted by atomic mass is 32.2. The fourth-order valence-electron chi connectivity index (χ4n) is 6.73. The molecule has 1 aromatic carbocycles. The summed E-state index contributed by atoms with van der Waals surface area (Å²) in [5, 5.41) is 55.3. The Morgan fingerprint density at radius 1 is 1.14 bits per heavy atom. The van der Waals surface area contributed by atoms with E-state index in [1.54, 1.807) is 30.5 Å². The van der Waals surface area contributed by atoms with Gasteiger partial charge in [0.2, 0.25) is 5.91 Å². The third kappa shape index (κ3) is 7.46. The van der Waals surface area contributed by atoms with Gasteiger partial charge in [0, 0.05) is 24.0 Å². The number of hydrogen-bond donors (Lipinski definition) is 6. The maximum absolute atomic E-state index is 14.3. The number of hydrogen-bond acceptors (Lipinski definition) is 10. The summed E-state index contributed by atoms with van der Waals surface area (Å²) in [6.07, 6.45) is -2.88. The highest BCUT2D eigenvalue weighted by Crippen LogP contribution is 2.44. The van der Waals surface area contributed by atoms with Gasteiger partial charge in [-0.2, -0.15) is 0 Å². The number of thioether (sulfide) groups is 2. The summed E-state index contributed by atoms with van der Waals surface area (Å²) in [4.78, 5) is 27.2. The van der Waals surface area contributed by atoms with Crippen molar-refractivity contribution in [3.8, 4) is 0 Å². The van der Waals surface area contributed by atoms with Crippen LogP contribution in [-0.2, 0) is 20.9 Å². The number of ether oxygens (including phenoxy) is 2. The van der Waals surface area contributed by atoms with Gasteiger partial charge in [0.15, 0.2) is 0 Å². The molecule has 3 aliphatic rings. The molecule has 13 heteroatoms. The van der Waals surface area contributed by atoms with Crippen LogP contribution in [0.4, 0.5) is 4.79 Å². The van der Waals surface area contributed by atoms with E-state index < -0.39 is 58.9 Å². The SMILES string of the molecule is CCC(NC(=O)[C@@H]1[C@@H]2OCC[C@@H](CC(C)C)C[C@H]2CN1C(=O)O)(Sc1ccc(CO)cc1)[C@@H]1O[C@H](SC)[C@H](O)[C@@H](O)[C@H]1O. The van der Waals surface area contributed by atoms with Gasteiger partial charge in [0.1, 0.15) is 40.8 Å². The maximum Gasteiger partial charge on any atom is 0.408 e. The van der Waals surface area contributed by atoms with Crippen molar-refractivity contribution in [2.75, 3.05) is 19.4 Å². The van der Waals surface area contributed by atoms with E-state index in [0.717, 1.165) is 24.2 Å². The van der Waals surface area contributed by atoms with E-state index in [2.05, 4.69) is 19.2 Å². The number of carbonyl (C=O) groups is 2. The molecule has 242 valence electrons. The van der Waals surface area contributed by atoms with Crippen molar-refractivity contribution in [2.45, 2.75) is 105 Å². The molecule has 0 aliphatic carbocycles. The molecule has 10 atom stereocenters. The van der Waals surface area contributed by atoms with Crippen LogP contribution in [0.1, 0.15) is 52.0 Å². The molecule has 3 heterocycles. The van der Waals surface area contributed by atoms with Crippen molar-refractivity contribution >= 4 is 35.5 Å². The molecule has 0 aromatic heterocycles. The minimum atomic E-state index is -1.55. The minimum Gasteiger partial charge on any atom is -0.465 e. The molecular weight excluding hydrogens is 596 g/mol. The fourth-order valence-corrected chi connectivity index (χ4v) is 8.70. The third-order valence-electron chi connectivity index (χ3n) is 8.86. The average Bonchev–Trinajstić information content (AvgIpc) is 3.22. The Kier molecular flexibility index (Phi) is 11.7. The normalized spacial score (nSPS) is 34.3. The van der Waals surface area contributed by atoms with E-state index in [9.17, 15) is 35.1 Å². The predicted octanol–water partition coefficient (Wildman–Crippen LogP) is 2.48. The van der Waals surface area contributed by atoms with E-state index >= 15 is 0 Å². The van der Waals surface area contributed by atoms with Crippen LogP contribution < -0.4 is 5.32 Å². The Hall–Kier alpha value is -1.58. The van der Waals surface area contributed by atoms with Crippen molar-refractivity contribution in [1.29, 1.82) is 0 Å². The summed E-state index contributed by atoms with van der Waals surface area (Å²) < 4.78 is 12.4. The maximum atomic E-state index is 14.3. The van der Waals surface area contributed by atoms with Crippen LogP contribution in [0, 0.1) is 17.8 Å². The zero-order valence-corrected chi connectivity index (χ0v) is 26.8. The molecule has 43 heavy (non-hydrogen) atoms. The molecule has 4 rings (SSSR count). The Morgan fingerprint density at radius 3 is 2.42 bits per heavy atom. The van der Waals surface area contributed by atoms with Gasteiger partial charge in [-0.15, -0.1) is 11.8 Å². The summed E-state index contributed by atoms with van der Waals surface area (Å²) in [5.41, 5.74) is -0.182. The standard InChI is InChI=1S/C30H46N2O9S2/c1-5-30(43-20-8-6-17(15-33)7-9-20,26-23(35)22(34)24(36)28(41-26)42-4)31-27(37)21-25-19(14-32(21)29(38)39)13-18(10-11-40-25)12-16(2)3/h6-9,16,18-19,21-26,28,33-36H,5,10-15H2,1-4H3,(H,31,37)(H,38,39)/t18-,19-,21-,22-,23+,24+,25+,26+,28+,30?/m0/s1. The Bertz CT molecular complexity index is 1090. The largest absolute Gasteiger partial charge is 0.465 e. The number of benzene rings is 1. The first kappa shape index (κ1) is 34.3. The van der Waals surface area contributed by atoms with E-state index in [1.165, 1.54) is 23.5 Å². The molecule has 11 nitrogen and oxygen atoms in total. The lowest BCUT2D eigenvalue weighted by Crippen LogP contribution is -2.68. The molecule has 2 amide bonds. The van der Waals surface area contributed by atoms with Crippen LogP contribution in [0.3, 0.4) is 0 Å². The number of fused-ring (bicyclic) bond motifs is 1. The van der Waals surface area contributed by atoms with Crippen LogP contribution in [-0.4, -0.2) is 109 Å². The molecule has 1 unspecified atom stereocenters. The first-order valence-electron chi connectivity index (χ1n) is 15.0. The van der Waals surface area contributed by atoms with Gasteiger partial charge in [0.25, 0.3) is 0 Å². The number of nitrogens with one attached hydrogen (secondary N) is 1. The van der Waals surface area contributed by atoms with Crippen LogP contribution >= 0.6 is 23.5 Å². The van der Waals surface area contributed by atoms with E-state index in [-0.39, 0.29) is 25.5 Å². The molecule has 0 radical (unpaired) electrons. The van der Waals surface area contributed by atoms with Gasteiger partial charge in [-0.3, -0.25) is 9.69 Å². The molecule has 3 aliphatic heterocycles. The van der Waals surface area contributed by atoms with Crippen LogP contribution in [0.15, 0.2) is 29.2 Å². The monoisotopic (exact) mass is 642 g/mol. The zero-order chi connectivity index (χ0) is 31.5. The molecule has 0 spiro atoms. The number of rotatable bonds is 10. The van der Waals surface area contributed by atoms with Crippen molar-refractivity contribution < 1.29 is 44.6 Å². The first-order chi connectivity index (χ1) is 20.4. The Labute approximate surface area is 261 Å². The van der Waals surface area contributed by atoms with Gasteiger partial charge in [-0.05, 0) is 61.5 Å². The predicted molar refractivity (Wildman–Crippen MR) is 164 cm³/mol. The molecule has 1 aromatic rings. The van der Waals surface area contributed by atoms with E-state index in [0.29, 0.717) is 28.9 Å². The highest BCUT2D eigenvalue weighted by molar-refractivity contribution is 8.00. The summed E-state index contributed by atoms with van der Waals surface area (Å²) in [7, 11) is 0. The summed E-state index contributed by atoms with van der Waals surface area (Å²) in [5.74, 6) is 0.159. The van der Waals surface area contributed by atoms with Crippen LogP contribution in [0.25, 0.3) is 0 Å². The van der Waals surface area contributed by atoms with Crippen molar-refractivity contribution in [3.05, 3.63) is 29.8 Å². The van der Waals surface area contributed by atoms with Gasteiger partial charge in [-0.25, -0.2) is 4.79 Å². The van der Waals surface area contributed by atoms with Crippen LogP contribution in [0.5, 0.6) is 0 Å². The van der Waals surface area contributed by atoms with Crippen molar-refractivity contribution in [2.24, 2.45) is 17.8 Å². The van der Waals surface area contributed by atoms with Gasteiger partial charge in [0.05, 0.1) is 12.7 Å². The molecule has 3 fully saturated rings. The second-order valence-electron chi connectivity index (χ2n) is 12.3. The van der Waals surface area contributed by atoms with Gasteiger partial charge >= 0.3 is 6.09 Å². The summed E-state index contributed by atoms with van der Waals surface area (Å²) >= 11 is 2.38. The Balaban J connectivity index is 1.69. The fraction of sp³-hybridized carbons (Fsp3) is 0.733. The second-order valence-corrected chi connectivity index (χ2v) is 14.6. The molecule has 6 N–H and O–H groups in total. The van der Waals surface area contributed by atoms with Crippen molar-refractivity contribution in [3.63, 3.8) is 0 Å². The topological polar surface area (TPSA) is 169 Å². The van der Waals surface area contributed by atoms with Crippen LogP contribution in [0.2, 0.25) is 0 Å². The third-order valence-corrected chi connectivity index (χ3v) is 11.2. The average molecular weight is 643 g/mol. The number of likely N-dealkylation sites (tertiary alicyclic amines) is 1. The quantitative estimate of drug-likeness (QED) is 0.164. The molecule has 0 bridgehead atoms. The van der Waals surface area contributed by atoms with Crippen molar-refractivity contribution in [1.82, 2.24) is 10.2 Å². The lowest BCUT2D eigenvalue weighted by atomic mass is 9.85. The molecule has 0 saturated carbocycles. The number of carbonyl (C=O) groups excluding carboxylic acids is 1. The molecular formula is C30H46N2O9S2. The number of aliphatic hydroxyl groups is 4. The Morgan fingerprint density at radius 2 is 1.84 bits per heavy atom. The van der Waals surface area contributed by atoms with Gasteiger partial charge in [-0.1, -0.05) is 44.7 Å². The summed E-state index contributed by atoms with van der Waals surface area (Å²) in [6.45, 7) is 6.61. The smallest absolute Gasteiger partial charge is 0.408 e. The highest BCUT2D eigenvalue weighted by Gasteiger charge is 2.56. The second kappa shape index (κ2) is 14.7. The number of aliphatic hydroxyl groups excluding tert-OH is 4. The lowest BCUT2D eigenvalue weighted by molar-refractivity contribution is -0.209. The summed E-state index contributed by atoms with van der Waals surface area (Å²) in [6, 6.07) is 5.92.